The van der Waals surface area contributed by atoms with Gasteiger partial charge in [-0.15, -0.1) is 0 Å². The molecule has 0 aliphatic heterocycles. The minimum atomic E-state index is -0.647. The Labute approximate surface area is 114 Å². The lowest BCUT2D eigenvalue weighted by Gasteiger charge is -2.12. The molecule has 2 rings (SSSR count). The molecule has 0 unspecified atom stereocenters. The average Bonchev–Trinajstić information content (AvgIpc) is 2.42. The summed E-state index contributed by atoms with van der Waals surface area (Å²) in [6.07, 6.45) is 0. The number of rotatable bonds is 3. The molecule has 2 aromatic rings. The monoisotopic (exact) mass is 270 g/mol. The first kappa shape index (κ1) is 13.4. The molecule has 0 atom stereocenters. The number of nitrogens with zero attached hydrogens (tertiary/aromatic N) is 1. The summed E-state index contributed by atoms with van der Waals surface area (Å²) < 4.78 is 13.1. The third-order valence-corrected chi connectivity index (χ3v) is 2.74. The molecule has 0 fully saturated rings. The van der Waals surface area contributed by atoms with Crippen molar-refractivity contribution in [3.05, 3.63) is 53.3 Å². The van der Waals surface area contributed by atoms with Crippen molar-refractivity contribution < 1.29 is 9.18 Å². The molecule has 20 heavy (non-hydrogen) atoms. The van der Waals surface area contributed by atoms with Crippen LogP contribution in [0.25, 0.3) is 0 Å². The fraction of sp³-hybridized carbons (Fsp3) is 0. The van der Waals surface area contributed by atoms with Crippen molar-refractivity contribution in [2.24, 2.45) is 5.73 Å². The molecular weight excluding hydrogens is 259 g/mol. The Morgan fingerprint density at radius 1 is 1.25 bits per heavy atom. The van der Waals surface area contributed by atoms with Crippen molar-refractivity contribution in [1.82, 2.24) is 0 Å². The van der Waals surface area contributed by atoms with E-state index in [0.29, 0.717) is 11.4 Å². The SMILES string of the molecule is N#Cc1cc(F)ccc1Nc1cccc(C(N)=O)c1N. The van der Waals surface area contributed by atoms with Gasteiger partial charge in [-0.05, 0) is 30.3 Å². The Bertz CT molecular complexity index is 722. The molecule has 5 N–H and O–H groups in total. The van der Waals surface area contributed by atoms with Crippen molar-refractivity contribution in [2.75, 3.05) is 11.1 Å². The van der Waals surface area contributed by atoms with Crippen LogP contribution >= 0.6 is 0 Å². The number of nitriles is 1. The number of hydrogen-bond donors (Lipinski definition) is 3. The van der Waals surface area contributed by atoms with Gasteiger partial charge in [-0.25, -0.2) is 4.39 Å². The topological polar surface area (TPSA) is 105 Å². The van der Waals surface area contributed by atoms with E-state index in [9.17, 15) is 9.18 Å². The van der Waals surface area contributed by atoms with Crippen LogP contribution in [0.4, 0.5) is 21.5 Å². The zero-order valence-electron chi connectivity index (χ0n) is 10.4. The van der Waals surface area contributed by atoms with Crippen LogP contribution in [0.5, 0.6) is 0 Å². The van der Waals surface area contributed by atoms with Crippen LogP contribution in [-0.2, 0) is 0 Å². The van der Waals surface area contributed by atoms with Gasteiger partial charge in [0, 0.05) is 0 Å². The Morgan fingerprint density at radius 3 is 2.65 bits per heavy atom. The largest absolute Gasteiger partial charge is 0.396 e. The third kappa shape index (κ3) is 2.52. The molecule has 100 valence electrons. The van der Waals surface area contributed by atoms with Gasteiger partial charge in [-0.2, -0.15) is 5.26 Å². The van der Waals surface area contributed by atoms with Gasteiger partial charge in [0.25, 0.3) is 5.91 Å². The number of amides is 1. The number of benzene rings is 2. The Morgan fingerprint density at radius 2 is 2.00 bits per heavy atom. The number of nitrogens with one attached hydrogen (secondary N) is 1. The number of hydrogen-bond acceptors (Lipinski definition) is 4. The fourth-order valence-electron chi connectivity index (χ4n) is 1.75. The van der Waals surface area contributed by atoms with Crippen molar-refractivity contribution in [2.45, 2.75) is 0 Å². The highest BCUT2D eigenvalue weighted by Gasteiger charge is 2.11. The molecule has 0 bridgehead atoms. The lowest BCUT2D eigenvalue weighted by Crippen LogP contribution is -2.14. The van der Waals surface area contributed by atoms with Crippen LogP contribution in [0.2, 0.25) is 0 Å². The quantitative estimate of drug-likeness (QED) is 0.743. The van der Waals surface area contributed by atoms with Gasteiger partial charge in [-0.1, -0.05) is 6.07 Å². The number of carbonyl (C=O) groups excluding carboxylic acids is 1. The van der Waals surface area contributed by atoms with E-state index in [1.807, 2.05) is 6.07 Å². The number of anilines is 3. The number of nitrogen functional groups attached to an aromatic ring is 1. The maximum absolute atomic E-state index is 13.1. The summed E-state index contributed by atoms with van der Waals surface area (Å²) in [6.45, 7) is 0. The van der Waals surface area contributed by atoms with E-state index < -0.39 is 11.7 Å². The molecule has 5 nitrogen and oxygen atoms in total. The summed E-state index contributed by atoms with van der Waals surface area (Å²) in [5.74, 6) is -1.16. The highest BCUT2D eigenvalue weighted by Crippen LogP contribution is 2.28. The summed E-state index contributed by atoms with van der Waals surface area (Å²) in [5, 5.41) is 11.9. The normalized spacial score (nSPS) is 9.80. The second-order valence-electron chi connectivity index (χ2n) is 4.06. The predicted octanol–water partition coefficient (Wildman–Crippen LogP) is 2.12. The zero-order chi connectivity index (χ0) is 14.7. The molecule has 0 aliphatic rings. The van der Waals surface area contributed by atoms with Crippen LogP contribution in [0.1, 0.15) is 15.9 Å². The Balaban J connectivity index is 2.44. The Kier molecular flexibility index (Phi) is 3.53. The zero-order valence-corrected chi connectivity index (χ0v) is 10.4. The highest BCUT2D eigenvalue weighted by molar-refractivity contribution is 6.01. The molecule has 0 spiro atoms. The summed E-state index contributed by atoms with van der Waals surface area (Å²) in [4.78, 5) is 11.2. The minimum absolute atomic E-state index is 0.133. The predicted molar refractivity (Wildman–Crippen MR) is 73.8 cm³/mol. The van der Waals surface area contributed by atoms with Gasteiger partial charge >= 0.3 is 0 Å². The smallest absolute Gasteiger partial charge is 0.250 e. The number of primary amides is 1. The standard InChI is InChI=1S/C14H11FN4O/c15-9-4-5-11(8(6-9)7-16)19-12-3-1-2-10(13(12)17)14(18)20/h1-6,19H,17H2,(H2,18,20). The van der Waals surface area contributed by atoms with Gasteiger partial charge in [0.15, 0.2) is 0 Å². The number of halogens is 1. The van der Waals surface area contributed by atoms with Gasteiger partial charge < -0.3 is 16.8 Å². The van der Waals surface area contributed by atoms with Crippen LogP contribution in [0.15, 0.2) is 36.4 Å². The van der Waals surface area contributed by atoms with Crippen molar-refractivity contribution >= 4 is 23.0 Å². The molecule has 0 heterocycles. The van der Waals surface area contributed by atoms with E-state index in [0.717, 1.165) is 6.07 Å². The average molecular weight is 270 g/mol. The molecule has 0 aromatic heterocycles. The number of para-hydroxylation sites is 1. The number of carbonyl (C=O) groups is 1. The summed E-state index contributed by atoms with van der Waals surface area (Å²) in [5.41, 5.74) is 12.3. The molecule has 0 aliphatic carbocycles. The van der Waals surface area contributed by atoms with Crippen LogP contribution in [0, 0.1) is 17.1 Å². The molecule has 1 amide bonds. The van der Waals surface area contributed by atoms with Crippen molar-refractivity contribution in [3.8, 4) is 6.07 Å². The lowest BCUT2D eigenvalue weighted by molar-refractivity contribution is 0.100. The molecule has 0 saturated heterocycles. The van der Waals surface area contributed by atoms with Crippen molar-refractivity contribution in [3.63, 3.8) is 0 Å². The summed E-state index contributed by atoms with van der Waals surface area (Å²) in [6, 6.07) is 10.4. The van der Waals surface area contributed by atoms with E-state index in [1.165, 1.54) is 18.2 Å². The van der Waals surface area contributed by atoms with Gasteiger partial charge in [0.1, 0.15) is 11.9 Å². The van der Waals surface area contributed by atoms with Crippen LogP contribution in [-0.4, -0.2) is 5.91 Å². The molecular formula is C14H11FN4O. The van der Waals surface area contributed by atoms with Crippen LogP contribution in [0.3, 0.4) is 0 Å². The molecule has 0 radical (unpaired) electrons. The van der Waals surface area contributed by atoms with E-state index in [4.69, 9.17) is 16.7 Å². The maximum Gasteiger partial charge on any atom is 0.250 e. The van der Waals surface area contributed by atoms with Crippen LogP contribution < -0.4 is 16.8 Å². The second-order valence-corrected chi connectivity index (χ2v) is 4.06. The van der Waals surface area contributed by atoms with E-state index in [1.54, 1.807) is 12.1 Å². The molecule has 0 saturated carbocycles. The molecule has 6 heteroatoms. The van der Waals surface area contributed by atoms with Gasteiger partial charge in [-0.3, -0.25) is 4.79 Å². The first-order valence-electron chi connectivity index (χ1n) is 5.68. The summed E-state index contributed by atoms with van der Waals surface area (Å²) >= 11 is 0. The second kappa shape index (κ2) is 5.28. The first-order chi connectivity index (χ1) is 9.52. The van der Waals surface area contributed by atoms with E-state index in [-0.39, 0.29) is 16.8 Å². The Hall–Kier alpha value is -3.07. The van der Waals surface area contributed by atoms with E-state index >= 15 is 0 Å². The minimum Gasteiger partial charge on any atom is -0.396 e. The lowest BCUT2D eigenvalue weighted by atomic mass is 10.1. The first-order valence-corrected chi connectivity index (χ1v) is 5.68. The molecule has 2 aromatic carbocycles. The summed E-state index contributed by atoms with van der Waals surface area (Å²) in [7, 11) is 0. The number of nitrogens with two attached hydrogens (primary N) is 2. The van der Waals surface area contributed by atoms with Gasteiger partial charge in [0.05, 0.1) is 28.2 Å². The maximum atomic E-state index is 13.1. The highest BCUT2D eigenvalue weighted by atomic mass is 19.1. The van der Waals surface area contributed by atoms with Gasteiger partial charge in [0.2, 0.25) is 0 Å². The third-order valence-electron chi connectivity index (χ3n) is 2.74. The fourth-order valence-corrected chi connectivity index (χ4v) is 1.75. The van der Waals surface area contributed by atoms with Crippen molar-refractivity contribution in [1.29, 1.82) is 5.26 Å². The van der Waals surface area contributed by atoms with E-state index in [2.05, 4.69) is 5.32 Å².